The van der Waals surface area contributed by atoms with Crippen molar-refractivity contribution < 1.29 is 19.0 Å². The van der Waals surface area contributed by atoms with Crippen molar-refractivity contribution in [1.29, 1.82) is 0 Å². The number of benzene rings is 1. The molecule has 0 spiro atoms. The van der Waals surface area contributed by atoms with Crippen molar-refractivity contribution >= 4 is 5.78 Å². The first-order valence-corrected chi connectivity index (χ1v) is 7.37. The van der Waals surface area contributed by atoms with Crippen LogP contribution >= 0.6 is 0 Å². The highest BCUT2D eigenvalue weighted by Gasteiger charge is 2.42. The Bertz CT molecular complexity index is 489. The van der Waals surface area contributed by atoms with E-state index in [1.165, 1.54) is 0 Å². The van der Waals surface area contributed by atoms with Crippen LogP contribution in [0.3, 0.4) is 0 Å². The second-order valence-electron chi connectivity index (χ2n) is 5.83. The van der Waals surface area contributed by atoms with E-state index in [9.17, 15) is 4.79 Å². The average molecular weight is 292 g/mol. The summed E-state index contributed by atoms with van der Waals surface area (Å²) in [6.07, 6.45) is 3.70. The summed E-state index contributed by atoms with van der Waals surface area (Å²) >= 11 is 0. The molecule has 0 amide bonds. The summed E-state index contributed by atoms with van der Waals surface area (Å²) < 4.78 is 16.2. The van der Waals surface area contributed by atoms with E-state index in [2.05, 4.69) is 6.92 Å². The summed E-state index contributed by atoms with van der Waals surface area (Å²) in [5, 5.41) is 0. The molecule has 0 aromatic heterocycles. The van der Waals surface area contributed by atoms with E-state index in [0.717, 1.165) is 25.7 Å². The van der Waals surface area contributed by atoms with Gasteiger partial charge in [0.2, 0.25) is 0 Å². The molecule has 1 aliphatic carbocycles. The number of Topliss-reactive ketones (excluding diaryl/α,β-unsaturated/α-hetero) is 1. The molecule has 4 heteroatoms. The van der Waals surface area contributed by atoms with Crippen molar-refractivity contribution in [2.45, 2.75) is 38.2 Å². The predicted molar refractivity (Wildman–Crippen MR) is 81.2 cm³/mol. The van der Waals surface area contributed by atoms with Crippen LogP contribution in [0.5, 0.6) is 11.5 Å². The van der Waals surface area contributed by atoms with Gasteiger partial charge in [0.15, 0.2) is 5.78 Å². The second kappa shape index (κ2) is 6.48. The Hall–Kier alpha value is -1.55. The van der Waals surface area contributed by atoms with E-state index in [-0.39, 0.29) is 5.78 Å². The van der Waals surface area contributed by atoms with Crippen molar-refractivity contribution in [2.24, 2.45) is 5.92 Å². The molecule has 0 radical (unpaired) electrons. The summed E-state index contributed by atoms with van der Waals surface area (Å²) in [7, 11) is 4.79. The number of hydrogen-bond donors (Lipinski definition) is 0. The molecule has 4 nitrogen and oxygen atoms in total. The molecule has 1 aliphatic rings. The van der Waals surface area contributed by atoms with Gasteiger partial charge < -0.3 is 14.2 Å². The summed E-state index contributed by atoms with van der Waals surface area (Å²) in [4.78, 5) is 13.0. The van der Waals surface area contributed by atoms with Crippen LogP contribution in [0.25, 0.3) is 0 Å². The van der Waals surface area contributed by atoms with Crippen LogP contribution < -0.4 is 9.47 Å². The molecule has 0 bridgehead atoms. The van der Waals surface area contributed by atoms with Gasteiger partial charge in [-0.15, -0.1) is 0 Å². The van der Waals surface area contributed by atoms with Crippen molar-refractivity contribution in [2.75, 3.05) is 21.3 Å². The van der Waals surface area contributed by atoms with E-state index in [1.807, 2.05) is 0 Å². The molecule has 1 aromatic carbocycles. The van der Waals surface area contributed by atoms with Gasteiger partial charge in [0.05, 0.1) is 14.2 Å². The lowest BCUT2D eigenvalue weighted by Crippen LogP contribution is -2.44. The summed E-state index contributed by atoms with van der Waals surface area (Å²) in [5.74, 6) is 1.75. The Kier molecular flexibility index (Phi) is 4.88. The fourth-order valence-corrected chi connectivity index (χ4v) is 3.19. The van der Waals surface area contributed by atoms with Crippen LogP contribution in [0, 0.1) is 5.92 Å². The first-order valence-electron chi connectivity index (χ1n) is 7.37. The molecular formula is C17H24O4. The topological polar surface area (TPSA) is 44.8 Å². The maximum Gasteiger partial charge on any atom is 0.194 e. The molecule has 21 heavy (non-hydrogen) atoms. The summed E-state index contributed by atoms with van der Waals surface area (Å²) in [6, 6.07) is 5.27. The summed E-state index contributed by atoms with van der Waals surface area (Å²) in [5.41, 5.74) is -0.128. The summed E-state index contributed by atoms with van der Waals surface area (Å²) in [6.45, 7) is 2.17. The average Bonchev–Trinajstić information content (AvgIpc) is 2.53. The van der Waals surface area contributed by atoms with Crippen LogP contribution in [-0.2, 0) is 4.74 Å². The number of ether oxygens (including phenoxy) is 3. The predicted octanol–water partition coefficient (Wildman–Crippen LogP) is 3.48. The van der Waals surface area contributed by atoms with E-state index in [1.54, 1.807) is 39.5 Å². The van der Waals surface area contributed by atoms with E-state index >= 15 is 0 Å². The maximum absolute atomic E-state index is 13.0. The highest BCUT2D eigenvalue weighted by Crippen LogP contribution is 2.38. The minimum Gasteiger partial charge on any atom is -0.497 e. The van der Waals surface area contributed by atoms with Gasteiger partial charge in [0.1, 0.15) is 17.1 Å². The highest BCUT2D eigenvalue weighted by atomic mass is 16.5. The van der Waals surface area contributed by atoms with E-state index in [0.29, 0.717) is 23.0 Å². The largest absolute Gasteiger partial charge is 0.497 e. The fraction of sp³-hybridized carbons (Fsp3) is 0.588. The van der Waals surface area contributed by atoms with Gasteiger partial charge in [-0.3, -0.25) is 4.79 Å². The Morgan fingerprint density at radius 1 is 1.14 bits per heavy atom. The van der Waals surface area contributed by atoms with Gasteiger partial charge >= 0.3 is 0 Å². The van der Waals surface area contributed by atoms with E-state index < -0.39 is 5.60 Å². The zero-order chi connectivity index (χ0) is 15.5. The molecule has 0 aliphatic heterocycles. The van der Waals surface area contributed by atoms with Gasteiger partial charge in [-0.2, -0.15) is 0 Å². The second-order valence-corrected chi connectivity index (χ2v) is 5.83. The van der Waals surface area contributed by atoms with Gasteiger partial charge in [-0.1, -0.05) is 13.3 Å². The molecule has 2 rings (SSSR count). The zero-order valence-corrected chi connectivity index (χ0v) is 13.3. The van der Waals surface area contributed by atoms with Crippen LogP contribution in [0.15, 0.2) is 18.2 Å². The highest BCUT2D eigenvalue weighted by molar-refractivity contribution is 6.03. The first-order chi connectivity index (χ1) is 10.0. The minimum absolute atomic E-state index is 0.0220. The zero-order valence-electron chi connectivity index (χ0n) is 13.3. The molecule has 0 N–H and O–H groups in total. The number of ketones is 1. The number of hydrogen-bond acceptors (Lipinski definition) is 4. The fourth-order valence-electron chi connectivity index (χ4n) is 3.19. The van der Waals surface area contributed by atoms with Crippen molar-refractivity contribution in [1.82, 2.24) is 0 Å². The normalized spacial score (nSPS) is 25.4. The van der Waals surface area contributed by atoms with Crippen LogP contribution in [0.4, 0.5) is 0 Å². The maximum atomic E-state index is 13.0. The molecule has 116 valence electrons. The van der Waals surface area contributed by atoms with Crippen LogP contribution in [0.1, 0.15) is 43.0 Å². The third kappa shape index (κ3) is 3.21. The van der Waals surface area contributed by atoms with Gasteiger partial charge in [-0.25, -0.2) is 0 Å². The molecule has 2 unspecified atom stereocenters. The molecular weight excluding hydrogens is 268 g/mol. The smallest absolute Gasteiger partial charge is 0.194 e. The monoisotopic (exact) mass is 292 g/mol. The Balaban J connectivity index is 2.37. The van der Waals surface area contributed by atoms with Gasteiger partial charge in [-0.05, 0) is 37.3 Å². The van der Waals surface area contributed by atoms with Gasteiger partial charge in [0.25, 0.3) is 0 Å². The van der Waals surface area contributed by atoms with E-state index in [4.69, 9.17) is 14.2 Å². The lowest BCUT2D eigenvalue weighted by Gasteiger charge is -2.37. The van der Waals surface area contributed by atoms with Crippen LogP contribution in [-0.4, -0.2) is 32.7 Å². The molecule has 2 atom stereocenters. The van der Waals surface area contributed by atoms with Crippen molar-refractivity contribution in [3.63, 3.8) is 0 Å². The SMILES string of the molecule is COc1cc(OC)cc(C(=O)C2(OC)CCCC(C)C2)c1. The standard InChI is InChI=1S/C17H24O4/c1-12-6-5-7-17(11-12,21-4)16(18)13-8-14(19-2)10-15(9-13)20-3/h8-10,12H,5-7,11H2,1-4H3. The molecule has 1 saturated carbocycles. The first kappa shape index (κ1) is 15.8. The number of carbonyl (C=O) groups is 1. The van der Waals surface area contributed by atoms with Crippen molar-refractivity contribution in [3.05, 3.63) is 23.8 Å². The molecule has 0 heterocycles. The minimum atomic E-state index is -0.713. The van der Waals surface area contributed by atoms with Gasteiger partial charge in [0, 0.05) is 18.7 Å². The lowest BCUT2D eigenvalue weighted by atomic mass is 9.75. The molecule has 0 saturated heterocycles. The Morgan fingerprint density at radius 2 is 1.76 bits per heavy atom. The lowest BCUT2D eigenvalue weighted by molar-refractivity contribution is -0.0302. The number of rotatable bonds is 5. The Labute approximate surface area is 126 Å². The Morgan fingerprint density at radius 3 is 2.24 bits per heavy atom. The molecule has 1 aromatic rings. The third-order valence-corrected chi connectivity index (χ3v) is 4.37. The third-order valence-electron chi connectivity index (χ3n) is 4.37. The quantitative estimate of drug-likeness (QED) is 0.779. The van der Waals surface area contributed by atoms with Crippen molar-refractivity contribution in [3.8, 4) is 11.5 Å². The van der Waals surface area contributed by atoms with Crippen LogP contribution in [0.2, 0.25) is 0 Å². The number of methoxy groups -OCH3 is 3. The number of carbonyl (C=O) groups excluding carboxylic acids is 1. The molecule has 1 fully saturated rings.